The second-order valence-electron chi connectivity index (χ2n) is 5.53. The summed E-state index contributed by atoms with van der Waals surface area (Å²) in [6, 6.07) is 1.34. The van der Waals surface area contributed by atoms with Crippen LogP contribution in [0.5, 0.6) is 0 Å². The number of rotatable bonds is 4. The van der Waals surface area contributed by atoms with Gasteiger partial charge in [-0.2, -0.15) is 0 Å². The summed E-state index contributed by atoms with van der Waals surface area (Å²) in [4.78, 5) is 9.67. The van der Waals surface area contributed by atoms with Crippen LogP contribution in [-0.4, -0.2) is 22.2 Å². The van der Waals surface area contributed by atoms with Crippen LogP contribution in [-0.2, 0) is 0 Å². The van der Waals surface area contributed by atoms with Crippen LogP contribution >= 0.6 is 0 Å². The minimum atomic E-state index is -1.03. The molecule has 0 amide bonds. The zero-order valence-corrected chi connectivity index (χ0v) is 11.6. The second-order valence-corrected chi connectivity index (χ2v) is 5.53. The summed E-state index contributed by atoms with van der Waals surface area (Å²) in [7, 11) is 0. The van der Waals surface area contributed by atoms with Gasteiger partial charge >= 0.3 is 0 Å². The van der Waals surface area contributed by atoms with Crippen molar-refractivity contribution in [3.8, 4) is 0 Å². The van der Waals surface area contributed by atoms with E-state index in [1.807, 2.05) is 0 Å². The quantitative estimate of drug-likeness (QED) is 0.508. The number of benzene rings is 1. The van der Waals surface area contributed by atoms with Crippen LogP contribution in [0.15, 0.2) is 12.1 Å². The third-order valence-electron chi connectivity index (χ3n) is 3.87. The van der Waals surface area contributed by atoms with Gasteiger partial charge < -0.3 is 10.4 Å². The first-order chi connectivity index (χ1) is 9.91. The van der Waals surface area contributed by atoms with Crippen molar-refractivity contribution in [2.75, 3.05) is 11.9 Å². The van der Waals surface area contributed by atoms with Crippen molar-refractivity contribution in [3.05, 3.63) is 33.9 Å². The molecule has 0 aromatic heterocycles. The predicted molar refractivity (Wildman–Crippen MR) is 74.2 cm³/mol. The molecule has 5 nitrogen and oxygen atoms in total. The summed E-state index contributed by atoms with van der Waals surface area (Å²) in [6.45, 7) is 0.0264. The van der Waals surface area contributed by atoms with E-state index in [1.165, 1.54) is 0 Å². The first kappa shape index (κ1) is 15.6. The maximum absolute atomic E-state index is 13.7. The molecule has 2 N–H and O–H groups in total. The van der Waals surface area contributed by atoms with Gasteiger partial charge in [0, 0.05) is 6.54 Å². The van der Waals surface area contributed by atoms with Crippen LogP contribution in [0.25, 0.3) is 0 Å². The Morgan fingerprint density at radius 2 is 1.71 bits per heavy atom. The van der Waals surface area contributed by atoms with E-state index in [-0.39, 0.29) is 6.54 Å². The Morgan fingerprint density at radius 3 is 2.19 bits per heavy atom. The molecule has 0 unspecified atom stereocenters. The molecule has 0 atom stereocenters. The van der Waals surface area contributed by atoms with Gasteiger partial charge in [-0.05, 0) is 12.8 Å². The SMILES string of the molecule is O=[N+]([O-])c1cc(F)c(NCC2(O)CCCCCC2)c(F)c1. The third-order valence-corrected chi connectivity index (χ3v) is 3.87. The predicted octanol–water partition coefficient (Wildman–Crippen LogP) is 3.37. The number of nitro groups is 1. The minimum Gasteiger partial charge on any atom is -0.388 e. The van der Waals surface area contributed by atoms with Gasteiger partial charge in [-0.1, -0.05) is 25.7 Å². The average molecular weight is 300 g/mol. The van der Waals surface area contributed by atoms with Gasteiger partial charge in [0.25, 0.3) is 5.69 Å². The molecule has 1 aliphatic carbocycles. The van der Waals surface area contributed by atoms with E-state index in [4.69, 9.17) is 0 Å². The summed E-state index contributed by atoms with van der Waals surface area (Å²) in [5.41, 5.74) is -2.06. The normalized spacial score (nSPS) is 18.0. The lowest BCUT2D eigenvalue weighted by Crippen LogP contribution is -2.36. The molecule has 116 valence electrons. The number of aliphatic hydroxyl groups is 1. The van der Waals surface area contributed by atoms with Crippen molar-refractivity contribution in [2.45, 2.75) is 44.1 Å². The van der Waals surface area contributed by atoms with Crippen molar-refractivity contribution in [3.63, 3.8) is 0 Å². The van der Waals surface area contributed by atoms with Crippen molar-refractivity contribution in [2.24, 2.45) is 0 Å². The lowest BCUT2D eigenvalue weighted by atomic mass is 9.94. The Balaban J connectivity index is 2.11. The van der Waals surface area contributed by atoms with Gasteiger partial charge in [0.15, 0.2) is 11.6 Å². The van der Waals surface area contributed by atoms with Gasteiger partial charge in [-0.3, -0.25) is 10.1 Å². The number of halogens is 2. The van der Waals surface area contributed by atoms with Crippen LogP contribution < -0.4 is 5.32 Å². The van der Waals surface area contributed by atoms with Gasteiger partial charge in [0.1, 0.15) is 5.69 Å². The molecule has 0 heterocycles. The third kappa shape index (κ3) is 3.87. The summed E-state index contributed by atoms with van der Waals surface area (Å²) in [6.07, 6.45) is 5.00. The van der Waals surface area contributed by atoms with Crippen LogP contribution in [0.4, 0.5) is 20.2 Å². The van der Waals surface area contributed by atoms with Gasteiger partial charge in [-0.15, -0.1) is 0 Å². The standard InChI is InChI=1S/C14H18F2N2O3/c15-11-7-10(18(20)21)8-12(16)13(11)17-9-14(19)5-3-1-2-4-6-14/h7-8,17,19H,1-6,9H2. The van der Waals surface area contributed by atoms with Gasteiger partial charge in [0.2, 0.25) is 0 Å². The van der Waals surface area contributed by atoms with Crippen molar-refractivity contribution >= 4 is 11.4 Å². The second kappa shape index (κ2) is 6.34. The van der Waals surface area contributed by atoms with Crippen LogP contribution in [0.1, 0.15) is 38.5 Å². The smallest absolute Gasteiger partial charge is 0.275 e. The first-order valence-electron chi connectivity index (χ1n) is 7.01. The minimum absolute atomic E-state index is 0.0264. The Kier molecular flexibility index (Phi) is 4.72. The maximum Gasteiger partial charge on any atom is 0.275 e. The Labute approximate surface area is 121 Å². The lowest BCUT2D eigenvalue weighted by molar-refractivity contribution is -0.385. The van der Waals surface area contributed by atoms with Crippen LogP contribution in [0, 0.1) is 21.7 Å². The van der Waals surface area contributed by atoms with Crippen molar-refractivity contribution in [1.82, 2.24) is 0 Å². The van der Waals surface area contributed by atoms with Crippen molar-refractivity contribution in [1.29, 1.82) is 0 Å². The number of nitrogens with zero attached hydrogens (tertiary/aromatic N) is 1. The molecule has 1 fully saturated rings. The fourth-order valence-electron chi connectivity index (χ4n) is 2.65. The molecule has 1 aromatic carbocycles. The molecule has 0 radical (unpaired) electrons. The highest BCUT2D eigenvalue weighted by Crippen LogP contribution is 2.29. The molecule has 0 spiro atoms. The summed E-state index contributed by atoms with van der Waals surface area (Å²) < 4.78 is 27.5. The van der Waals surface area contributed by atoms with E-state index in [9.17, 15) is 24.0 Å². The topological polar surface area (TPSA) is 75.4 Å². The molecule has 0 bridgehead atoms. The zero-order chi connectivity index (χ0) is 15.5. The highest BCUT2D eigenvalue weighted by atomic mass is 19.1. The summed E-state index contributed by atoms with van der Waals surface area (Å²) in [5.74, 6) is -2.06. The molecule has 2 rings (SSSR count). The Hall–Kier alpha value is -1.76. The molecule has 21 heavy (non-hydrogen) atoms. The van der Waals surface area contributed by atoms with Crippen molar-refractivity contribution < 1.29 is 18.8 Å². The fourth-order valence-corrected chi connectivity index (χ4v) is 2.65. The van der Waals surface area contributed by atoms with E-state index in [0.29, 0.717) is 25.0 Å². The fraction of sp³-hybridized carbons (Fsp3) is 0.571. The number of anilines is 1. The zero-order valence-electron chi connectivity index (χ0n) is 11.6. The lowest BCUT2D eigenvalue weighted by Gasteiger charge is -2.27. The van der Waals surface area contributed by atoms with E-state index >= 15 is 0 Å². The number of non-ortho nitro benzene ring substituents is 1. The van der Waals surface area contributed by atoms with Gasteiger partial charge in [0.05, 0.1) is 22.7 Å². The van der Waals surface area contributed by atoms with E-state index in [0.717, 1.165) is 25.7 Å². The largest absolute Gasteiger partial charge is 0.388 e. The molecule has 0 aliphatic heterocycles. The molecular formula is C14H18F2N2O3. The van der Waals surface area contributed by atoms with E-state index in [2.05, 4.69) is 5.32 Å². The summed E-state index contributed by atoms with van der Waals surface area (Å²) >= 11 is 0. The molecule has 1 aliphatic rings. The molecule has 1 aromatic rings. The molecule has 7 heteroatoms. The van der Waals surface area contributed by atoms with E-state index < -0.39 is 33.5 Å². The Bertz CT molecular complexity index is 506. The Morgan fingerprint density at radius 1 is 1.19 bits per heavy atom. The molecule has 0 saturated heterocycles. The highest BCUT2D eigenvalue weighted by Gasteiger charge is 2.28. The average Bonchev–Trinajstić information content (AvgIpc) is 2.62. The number of nitro benzene ring substituents is 1. The monoisotopic (exact) mass is 300 g/mol. The maximum atomic E-state index is 13.7. The molecular weight excluding hydrogens is 282 g/mol. The summed E-state index contributed by atoms with van der Waals surface area (Å²) in [5, 5.41) is 23.5. The van der Waals surface area contributed by atoms with E-state index in [1.54, 1.807) is 0 Å². The molecule has 1 saturated carbocycles. The number of hydrogen-bond acceptors (Lipinski definition) is 4. The number of hydrogen-bond donors (Lipinski definition) is 2. The van der Waals surface area contributed by atoms with Gasteiger partial charge in [-0.25, -0.2) is 8.78 Å². The number of nitrogens with one attached hydrogen (secondary N) is 1. The van der Waals surface area contributed by atoms with Crippen LogP contribution in [0.2, 0.25) is 0 Å². The highest BCUT2D eigenvalue weighted by molar-refractivity contribution is 5.51. The van der Waals surface area contributed by atoms with Crippen LogP contribution in [0.3, 0.4) is 0 Å². The first-order valence-corrected chi connectivity index (χ1v) is 7.01.